The first-order valence-corrected chi connectivity index (χ1v) is 8.72. The monoisotopic (exact) mass is 332 g/mol. The number of nitrogens with one attached hydrogen (secondary N) is 1. The Labute approximate surface area is 146 Å². The van der Waals surface area contributed by atoms with Gasteiger partial charge in [-0.1, -0.05) is 30.3 Å². The molecule has 1 fully saturated rings. The van der Waals surface area contributed by atoms with E-state index in [0.29, 0.717) is 11.3 Å². The molecule has 25 heavy (non-hydrogen) atoms. The van der Waals surface area contributed by atoms with Gasteiger partial charge < -0.3 is 10.1 Å². The van der Waals surface area contributed by atoms with Crippen LogP contribution < -0.4 is 10.1 Å². The molecule has 1 aliphatic rings. The van der Waals surface area contributed by atoms with E-state index in [-0.39, 0.29) is 12.0 Å². The third kappa shape index (κ3) is 3.33. The summed E-state index contributed by atoms with van der Waals surface area (Å²) >= 11 is 0. The first-order chi connectivity index (χ1) is 12.3. The molecule has 0 atom stereocenters. The fourth-order valence-corrected chi connectivity index (χ4v) is 3.34. The second-order valence-electron chi connectivity index (χ2n) is 6.35. The molecule has 0 bridgehead atoms. The van der Waals surface area contributed by atoms with Gasteiger partial charge in [0.1, 0.15) is 5.75 Å². The van der Waals surface area contributed by atoms with Crippen molar-refractivity contribution in [3.63, 3.8) is 0 Å². The summed E-state index contributed by atoms with van der Waals surface area (Å²) in [6, 6.07) is 17.0. The molecule has 1 aliphatic carbocycles. The Kier molecular flexibility index (Phi) is 4.34. The van der Waals surface area contributed by atoms with Gasteiger partial charge in [-0.25, -0.2) is 0 Å². The van der Waals surface area contributed by atoms with Gasteiger partial charge in [0.2, 0.25) is 0 Å². The smallest absolute Gasteiger partial charge is 0.256 e. The van der Waals surface area contributed by atoms with Gasteiger partial charge in [-0.3, -0.25) is 9.78 Å². The van der Waals surface area contributed by atoms with E-state index in [1.54, 1.807) is 12.3 Å². The van der Waals surface area contributed by atoms with E-state index >= 15 is 0 Å². The van der Waals surface area contributed by atoms with Crippen molar-refractivity contribution >= 4 is 22.5 Å². The first kappa shape index (κ1) is 15.6. The van der Waals surface area contributed by atoms with Gasteiger partial charge in [0.15, 0.2) is 0 Å². The van der Waals surface area contributed by atoms with Crippen molar-refractivity contribution in [2.45, 2.75) is 31.8 Å². The van der Waals surface area contributed by atoms with Crippen molar-refractivity contribution in [3.05, 3.63) is 66.4 Å². The number of para-hydroxylation sites is 3. The number of aromatic nitrogens is 1. The molecule has 0 unspecified atom stereocenters. The van der Waals surface area contributed by atoms with Crippen molar-refractivity contribution < 1.29 is 9.53 Å². The van der Waals surface area contributed by atoms with E-state index in [9.17, 15) is 4.79 Å². The van der Waals surface area contributed by atoms with Crippen LogP contribution in [0.4, 0.5) is 5.69 Å². The second-order valence-corrected chi connectivity index (χ2v) is 6.35. The highest BCUT2D eigenvalue weighted by atomic mass is 16.5. The van der Waals surface area contributed by atoms with E-state index < -0.39 is 0 Å². The number of amides is 1. The van der Waals surface area contributed by atoms with Crippen LogP contribution in [0.5, 0.6) is 5.75 Å². The Morgan fingerprint density at radius 3 is 2.64 bits per heavy atom. The molecule has 0 aliphatic heterocycles. The maximum atomic E-state index is 12.8. The number of benzene rings is 2. The summed E-state index contributed by atoms with van der Waals surface area (Å²) in [5.74, 6) is 0.585. The number of ether oxygens (including phenoxy) is 1. The minimum Gasteiger partial charge on any atom is -0.488 e. The van der Waals surface area contributed by atoms with Crippen molar-refractivity contribution in [2.75, 3.05) is 5.32 Å². The van der Waals surface area contributed by atoms with Crippen molar-refractivity contribution in [2.24, 2.45) is 0 Å². The summed E-state index contributed by atoms with van der Waals surface area (Å²) in [6.45, 7) is 0. The van der Waals surface area contributed by atoms with Gasteiger partial charge in [0.25, 0.3) is 5.91 Å². The molecular weight excluding hydrogens is 312 g/mol. The molecule has 126 valence electrons. The molecule has 1 amide bonds. The highest BCUT2D eigenvalue weighted by molar-refractivity contribution is 6.12. The highest BCUT2D eigenvalue weighted by Crippen LogP contribution is 2.30. The number of fused-ring (bicyclic) bond motifs is 1. The summed E-state index contributed by atoms with van der Waals surface area (Å²) in [4.78, 5) is 17.1. The number of carbonyl (C=O) groups excluding carboxylic acids is 1. The lowest BCUT2D eigenvalue weighted by Crippen LogP contribution is -2.16. The summed E-state index contributed by atoms with van der Waals surface area (Å²) < 4.78 is 6.10. The average molecular weight is 332 g/mol. The van der Waals surface area contributed by atoms with Crippen molar-refractivity contribution in [3.8, 4) is 5.75 Å². The van der Waals surface area contributed by atoms with E-state index in [4.69, 9.17) is 4.74 Å². The Hall–Kier alpha value is -2.88. The Morgan fingerprint density at radius 1 is 1.00 bits per heavy atom. The van der Waals surface area contributed by atoms with Crippen LogP contribution in [0.2, 0.25) is 0 Å². The van der Waals surface area contributed by atoms with Gasteiger partial charge in [0.05, 0.1) is 22.9 Å². The number of carbonyl (C=O) groups is 1. The van der Waals surface area contributed by atoms with Crippen LogP contribution in [0.3, 0.4) is 0 Å². The number of hydrogen-bond acceptors (Lipinski definition) is 3. The molecule has 1 aromatic heterocycles. The largest absolute Gasteiger partial charge is 0.488 e. The average Bonchev–Trinajstić information content (AvgIpc) is 3.16. The number of anilines is 1. The number of nitrogens with zero attached hydrogens (tertiary/aromatic N) is 1. The normalized spacial score (nSPS) is 14.6. The molecular formula is C21H20N2O2. The van der Waals surface area contributed by atoms with E-state index in [0.717, 1.165) is 29.5 Å². The van der Waals surface area contributed by atoms with E-state index in [1.165, 1.54) is 12.8 Å². The van der Waals surface area contributed by atoms with Crippen molar-refractivity contribution in [1.29, 1.82) is 0 Å². The molecule has 3 aromatic rings. The number of hydrogen-bond donors (Lipinski definition) is 1. The Balaban J connectivity index is 1.60. The standard InChI is InChI=1S/C21H20N2O2/c24-21(17-13-14-22-18-10-4-3-9-16(17)18)23-19-11-5-6-12-20(19)25-15-7-1-2-8-15/h3-6,9-15H,1-2,7-8H2,(H,23,24). The minimum absolute atomic E-state index is 0.152. The number of rotatable bonds is 4. The SMILES string of the molecule is O=C(Nc1ccccc1OC1CCCC1)c1ccnc2ccccc12. The quantitative estimate of drug-likeness (QED) is 0.746. The van der Waals surface area contributed by atoms with Crippen LogP contribution in [0, 0.1) is 0 Å². The van der Waals surface area contributed by atoms with Gasteiger partial charge in [-0.2, -0.15) is 0 Å². The Bertz CT molecular complexity index is 896. The number of pyridine rings is 1. The molecule has 1 N–H and O–H groups in total. The molecule has 1 heterocycles. The van der Waals surface area contributed by atoms with Gasteiger partial charge in [-0.05, 0) is 49.9 Å². The van der Waals surface area contributed by atoms with Gasteiger partial charge >= 0.3 is 0 Å². The minimum atomic E-state index is -0.152. The molecule has 4 rings (SSSR count). The van der Waals surface area contributed by atoms with Crippen LogP contribution in [-0.4, -0.2) is 17.0 Å². The topological polar surface area (TPSA) is 51.2 Å². The van der Waals surface area contributed by atoms with Crippen molar-refractivity contribution in [1.82, 2.24) is 4.98 Å². The predicted molar refractivity (Wildman–Crippen MR) is 99.0 cm³/mol. The summed E-state index contributed by atoms with van der Waals surface area (Å²) in [7, 11) is 0. The zero-order valence-electron chi connectivity index (χ0n) is 13.9. The molecule has 2 aromatic carbocycles. The third-order valence-electron chi connectivity index (χ3n) is 4.62. The molecule has 4 nitrogen and oxygen atoms in total. The molecule has 0 radical (unpaired) electrons. The maximum Gasteiger partial charge on any atom is 0.256 e. The lowest BCUT2D eigenvalue weighted by molar-refractivity contribution is 0.102. The van der Waals surface area contributed by atoms with Crippen LogP contribution in [0.25, 0.3) is 10.9 Å². The van der Waals surface area contributed by atoms with Crippen LogP contribution >= 0.6 is 0 Å². The molecule has 4 heteroatoms. The Morgan fingerprint density at radius 2 is 1.76 bits per heavy atom. The predicted octanol–water partition coefficient (Wildman–Crippen LogP) is 4.81. The zero-order valence-corrected chi connectivity index (χ0v) is 13.9. The highest BCUT2D eigenvalue weighted by Gasteiger charge is 2.19. The third-order valence-corrected chi connectivity index (χ3v) is 4.62. The summed E-state index contributed by atoms with van der Waals surface area (Å²) in [5.41, 5.74) is 2.13. The first-order valence-electron chi connectivity index (χ1n) is 8.72. The lowest BCUT2D eigenvalue weighted by Gasteiger charge is -2.17. The van der Waals surface area contributed by atoms with Crippen LogP contribution in [0.15, 0.2) is 60.8 Å². The molecule has 1 saturated carbocycles. The fraction of sp³-hybridized carbons (Fsp3) is 0.238. The zero-order chi connectivity index (χ0) is 17.1. The molecule has 0 saturated heterocycles. The summed E-state index contributed by atoms with van der Waals surface area (Å²) in [5, 5.41) is 3.85. The van der Waals surface area contributed by atoms with Gasteiger partial charge in [0, 0.05) is 11.6 Å². The van der Waals surface area contributed by atoms with Gasteiger partial charge in [-0.15, -0.1) is 0 Å². The van der Waals surface area contributed by atoms with E-state index in [2.05, 4.69) is 10.3 Å². The lowest BCUT2D eigenvalue weighted by atomic mass is 10.1. The second kappa shape index (κ2) is 6.93. The van der Waals surface area contributed by atoms with E-state index in [1.807, 2.05) is 48.5 Å². The fourth-order valence-electron chi connectivity index (χ4n) is 3.34. The maximum absolute atomic E-state index is 12.8. The summed E-state index contributed by atoms with van der Waals surface area (Å²) in [6.07, 6.45) is 6.50. The van der Waals surface area contributed by atoms with Crippen LogP contribution in [-0.2, 0) is 0 Å². The van der Waals surface area contributed by atoms with Crippen LogP contribution in [0.1, 0.15) is 36.0 Å². The molecule has 0 spiro atoms.